The lowest BCUT2D eigenvalue weighted by molar-refractivity contribution is -0.107. The molecule has 3 heteroatoms. The van der Waals surface area contributed by atoms with Crippen molar-refractivity contribution >= 4 is 33.1 Å². The highest BCUT2D eigenvalue weighted by atomic mass is 79.9. The summed E-state index contributed by atoms with van der Waals surface area (Å²) in [6.45, 7) is 4.29. The Hall–Kier alpha value is -1.09. The number of hydrogen-bond donors (Lipinski definition) is 0. The molecule has 2 nitrogen and oxygen atoms in total. The Morgan fingerprint density at radius 3 is 2.81 bits per heavy atom. The van der Waals surface area contributed by atoms with Crippen molar-refractivity contribution in [3.8, 4) is 0 Å². The fraction of sp³-hybridized carbons (Fsp3) is 0.308. The molecule has 0 aliphatic heterocycles. The number of fused-ring (bicyclic) bond motifs is 1. The molecule has 1 aromatic heterocycles. The Morgan fingerprint density at radius 2 is 2.19 bits per heavy atom. The van der Waals surface area contributed by atoms with Crippen molar-refractivity contribution in [2.24, 2.45) is 0 Å². The van der Waals surface area contributed by atoms with E-state index in [1.807, 2.05) is 12.1 Å². The zero-order chi connectivity index (χ0) is 11.7. The number of nitrogens with zero attached hydrogens (tertiary/aromatic N) is 1. The summed E-state index contributed by atoms with van der Waals surface area (Å²) in [7, 11) is 0. The highest BCUT2D eigenvalue weighted by molar-refractivity contribution is 9.10. The largest absolute Gasteiger partial charge is 0.345 e. The first kappa shape index (κ1) is 11.4. The molecule has 0 N–H and O–H groups in total. The molecule has 1 aromatic carbocycles. The first-order chi connectivity index (χ1) is 7.65. The third-order valence-electron chi connectivity index (χ3n) is 2.75. The quantitative estimate of drug-likeness (QED) is 0.785. The Labute approximate surface area is 103 Å². The number of aromatic nitrogens is 1. The van der Waals surface area contributed by atoms with E-state index < -0.39 is 0 Å². The summed E-state index contributed by atoms with van der Waals surface area (Å²) in [6, 6.07) is 6.53. The molecule has 0 fully saturated rings. The summed E-state index contributed by atoms with van der Waals surface area (Å²) in [5.74, 6) is 0. The molecule has 0 unspecified atom stereocenters. The predicted molar refractivity (Wildman–Crippen MR) is 69.8 cm³/mol. The van der Waals surface area contributed by atoms with Crippen LogP contribution in [0, 0.1) is 0 Å². The molecule has 0 amide bonds. The maximum Gasteiger partial charge on any atom is 0.124 e. The van der Waals surface area contributed by atoms with E-state index in [0.717, 1.165) is 21.7 Å². The van der Waals surface area contributed by atoms with Crippen LogP contribution in [0.25, 0.3) is 10.9 Å². The van der Waals surface area contributed by atoms with Gasteiger partial charge < -0.3 is 9.36 Å². The normalized spacial score (nSPS) is 11.2. The molecule has 16 heavy (non-hydrogen) atoms. The number of rotatable bonds is 3. The van der Waals surface area contributed by atoms with E-state index in [-0.39, 0.29) is 0 Å². The fourth-order valence-electron chi connectivity index (χ4n) is 2.02. The van der Waals surface area contributed by atoms with Gasteiger partial charge in [0.25, 0.3) is 0 Å². The van der Waals surface area contributed by atoms with E-state index in [1.165, 1.54) is 5.52 Å². The van der Waals surface area contributed by atoms with Gasteiger partial charge in [0.05, 0.1) is 0 Å². The number of carbonyl (C=O) groups is 1. The zero-order valence-corrected chi connectivity index (χ0v) is 11.0. The standard InChI is InChI=1S/C13H14BrNO/c1-9(2)15-8-10(6-7-16)13-11(14)4-3-5-12(13)15/h3-5,7-9H,6H2,1-2H3. The van der Waals surface area contributed by atoms with Crippen molar-refractivity contribution in [3.05, 3.63) is 34.4 Å². The van der Waals surface area contributed by atoms with Crippen LogP contribution in [0.2, 0.25) is 0 Å². The molecule has 0 radical (unpaired) electrons. The number of carbonyl (C=O) groups excluding carboxylic acids is 1. The van der Waals surface area contributed by atoms with E-state index in [0.29, 0.717) is 12.5 Å². The van der Waals surface area contributed by atoms with Crippen molar-refractivity contribution in [3.63, 3.8) is 0 Å². The number of aldehydes is 1. The van der Waals surface area contributed by atoms with E-state index in [4.69, 9.17) is 0 Å². The van der Waals surface area contributed by atoms with Gasteiger partial charge >= 0.3 is 0 Å². The van der Waals surface area contributed by atoms with Gasteiger partial charge in [-0.3, -0.25) is 0 Å². The highest BCUT2D eigenvalue weighted by Crippen LogP contribution is 2.30. The van der Waals surface area contributed by atoms with Crippen molar-refractivity contribution in [1.82, 2.24) is 4.57 Å². The number of halogens is 1. The average molecular weight is 280 g/mol. The molecule has 0 aliphatic carbocycles. The minimum absolute atomic E-state index is 0.400. The van der Waals surface area contributed by atoms with Gasteiger partial charge in [0, 0.05) is 34.0 Å². The van der Waals surface area contributed by atoms with Gasteiger partial charge in [0.15, 0.2) is 0 Å². The third kappa shape index (κ3) is 1.80. The van der Waals surface area contributed by atoms with Crippen molar-refractivity contribution < 1.29 is 4.79 Å². The van der Waals surface area contributed by atoms with Crippen LogP contribution in [0.5, 0.6) is 0 Å². The molecular weight excluding hydrogens is 266 g/mol. The zero-order valence-electron chi connectivity index (χ0n) is 9.40. The van der Waals surface area contributed by atoms with Gasteiger partial charge in [0.1, 0.15) is 6.29 Å². The Balaban J connectivity index is 2.76. The van der Waals surface area contributed by atoms with E-state index in [9.17, 15) is 4.79 Å². The summed E-state index contributed by atoms with van der Waals surface area (Å²) in [4.78, 5) is 10.7. The van der Waals surface area contributed by atoms with E-state index in [1.54, 1.807) is 0 Å². The van der Waals surface area contributed by atoms with Gasteiger partial charge in [0.2, 0.25) is 0 Å². The van der Waals surface area contributed by atoms with Gasteiger partial charge in [-0.05, 0) is 31.5 Å². The first-order valence-electron chi connectivity index (χ1n) is 5.36. The van der Waals surface area contributed by atoms with Crippen molar-refractivity contribution in [2.45, 2.75) is 26.3 Å². The second kappa shape index (κ2) is 4.42. The lowest BCUT2D eigenvalue weighted by Gasteiger charge is -2.08. The van der Waals surface area contributed by atoms with Crippen LogP contribution in [-0.4, -0.2) is 10.9 Å². The summed E-state index contributed by atoms with van der Waals surface area (Å²) >= 11 is 3.55. The minimum atomic E-state index is 0.400. The molecule has 0 bridgehead atoms. The Bertz CT molecular complexity index is 528. The van der Waals surface area contributed by atoms with Crippen LogP contribution in [0.1, 0.15) is 25.5 Å². The monoisotopic (exact) mass is 279 g/mol. The molecule has 0 saturated heterocycles. The molecule has 84 valence electrons. The van der Waals surface area contributed by atoms with Crippen molar-refractivity contribution in [1.29, 1.82) is 0 Å². The maximum absolute atomic E-state index is 10.7. The van der Waals surface area contributed by atoms with E-state index in [2.05, 4.69) is 46.6 Å². The van der Waals surface area contributed by atoms with Gasteiger partial charge in [-0.2, -0.15) is 0 Å². The Morgan fingerprint density at radius 1 is 1.44 bits per heavy atom. The molecule has 0 aliphatic rings. The highest BCUT2D eigenvalue weighted by Gasteiger charge is 2.12. The molecule has 0 spiro atoms. The maximum atomic E-state index is 10.7. The summed E-state index contributed by atoms with van der Waals surface area (Å²) in [5.41, 5.74) is 2.27. The topological polar surface area (TPSA) is 22.0 Å². The molecule has 2 rings (SSSR count). The third-order valence-corrected chi connectivity index (χ3v) is 3.41. The van der Waals surface area contributed by atoms with Gasteiger partial charge in [-0.1, -0.05) is 22.0 Å². The molecular formula is C13H14BrNO. The van der Waals surface area contributed by atoms with Gasteiger partial charge in [-0.15, -0.1) is 0 Å². The lowest BCUT2D eigenvalue weighted by Crippen LogP contribution is -1.97. The van der Waals surface area contributed by atoms with E-state index >= 15 is 0 Å². The van der Waals surface area contributed by atoms with Crippen LogP contribution in [0.15, 0.2) is 28.9 Å². The van der Waals surface area contributed by atoms with Crippen LogP contribution in [0.3, 0.4) is 0 Å². The van der Waals surface area contributed by atoms with Crippen LogP contribution >= 0.6 is 15.9 Å². The molecule has 0 saturated carbocycles. The smallest absolute Gasteiger partial charge is 0.124 e. The molecule has 2 aromatic rings. The SMILES string of the molecule is CC(C)n1cc(CC=O)c2c(Br)cccc21. The predicted octanol–water partition coefficient (Wildman–Crippen LogP) is 3.73. The summed E-state index contributed by atoms with van der Waals surface area (Å²) in [6.07, 6.45) is 3.51. The van der Waals surface area contributed by atoms with Crippen LogP contribution in [-0.2, 0) is 11.2 Å². The van der Waals surface area contributed by atoms with Crippen LogP contribution in [0.4, 0.5) is 0 Å². The second-order valence-electron chi connectivity index (χ2n) is 4.16. The second-order valence-corrected chi connectivity index (χ2v) is 5.01. The van der Waals surface area contributed by atoms with Crippen LogP contribution < -0.4 is 0 Å². The molecule has 0 atom stereocenters. The average Bonchev–Trinajstić information content (AvgIpc) is 2.59. The molecule has 1 heterocycles. The number of hydrogen-bond acceptors (Lipinski definition) is 1. The van der Waals surface area contributed by atoms with Crippen molar-refractivity contribution in [2.75, 3.05) is 0 Å². The Kier molecular flexibility index (Phi) is 3.15. The summed E-state index contributed by atoms with van der Waals surface area (Å²) < 4.78 is 3.26. The fourth-order valence-corrected chi connectivity index (χ4v) is 2.63. The van der Waals surface area contributed by atoms with Gasteiger partial charge in [-0.25, -0.2) is 0 Å². The lowest BCUT2D eigenvalue weighted by atomic mass is 10.1. The number of benzene rings is 1. The first-order valence-corrected chi connectivity index (χ1v) is 6.16. The summed E-state index contributed by atoms with van der Waals surface area (Å²) in [5, 5.41) is 1.16. The minimum Gasteiger partial charge on any atom is -0.345 e.